The highest BCUT2D eigenvalue weighted by Gasteiger charge is 2.36. The van der Waals surface area contributed by atoms with Crippen LogP contribution in [0.15, 0.2) is 188 Å². The summed E-state index contributed by atoms with van der Waals surface area (Å²) in [6, 6.07) is 65.1. The Kier molecular flexibility index (Phi) is 7.20. The van der Waals surface area contributed by atoms with E-state index in [2.05, 4.69) is 175 Å². The fraction of sp³-hybridized carbons (Fsp3) is 0.0556. The van der Waals surface area contributed by atoms with Gasteiger partial charge in [-0.2, -0.15) is 0 Å². The maximum atomic E-state index is 5.06. The first kappa shape index (κ1) is 33.5. The van der Waals surface area contributed by atoms with Gasteiger partial charge in [0.1, 0.15) is 0 Å². The van der Waals surface area contributed by atoms with E-state index in [1.165, 1.54) is 65.7 Å². The van der Waals surface area contributed by atoms with Crippen molar-refractivity contribution in [2.75, 3.05) is 0 Å². The van der Waals surface area contributed by atoms with Crippen LogP contribution in [0.3, 0.4) is 0 Å². The molecule has 11 aromatic rings. The van der Waals surface area contributed by atoms with Crippen LogP contribution in [0.5, 0.6) is 0 Å². The number of benzene rings is 8. The molecule has 0 atom stereocenters. The zero-order valence-electron chi connectivity index (χ0n) is 32.6. The molecule has 5 nitrogen and oxygen atoms in total. The third-order valence-electron chi connectivity index (χ3n) is 12.4. The molecule has 3 aromatic heterocycles. The lowest BCUT2D eigenvalue weighted by Gasteiger charge is -2.23. The molecule has 59 heavy (non-hydrogen) atoms. The van der Waals surface area contributed by atoms with Gasteiger partial charge in [0.15, 0.2) is 17.5 Å². The lowest BCUT2D eigenvalue weighted by atomic mass is 9.81. The first-order valence-electron chi connectivity index (χ1n) is 20.2. The van der Waals surface area contributed by atoms with Gasteiger partial charge >= 0.3 is 0 Å². The van der Waals surface area contributed by atoms with Gasteiger partial charge in [-0.15, -0.1) is 0 Å². The molecular weight excluding hydrogens is 719 g/mol. The fourth-order valence-corrected chi connectivity index (χ4v) is 9.44. The zero-order valence-corrected chi connectivity index (χ0v) is 32.6. The van der Waals surface area contributed by atoms with E-state index in [1.54, 1.807) is 0 Å². The first-order chi connectivity index (χ1) is 29.0. The van der Waals surface area contributed by atoms with E-state index in [4.69, 9.17) is 15.0 Å². The second-order valence-electron chi connectivity index (χ2n) is 16.1. The number of nitrogens with zero attached hydrogens (tertiary/aromatic N) is 5. The second kappa shape index (κ2) is 12.7. The summed E-state index contributed by atoms with van der Waals surface area (Å²) in [6.07, 6.45) is 2.18. The first-order valence-corrected chi connectivity index (χ1v) is 20.2. The Balaban J connectivity index is 1.02. The van der Waals surface area contributed by atoms with Gasteiger partial charge in [-0.05, 0) is 82.2 Å². The SMILES string of the molecule is CC1(C)c2cc(-c3nc(-c4ccccc4)nc(-c4ccccc4)n3)ccc2-c2ccc(-n3c4ccccc4c4ccc5cc6ccn(-c7ccccc7)c6cc5c43)cc21. The number of rotatable bonds is 5. The molecule has 3 heterocycles. The summed E-state index contributed by atoms with van der Waals surface area (Å²) in [4.78, 5) is 15.1. The number of hydrogen-bond donors (Lipinski definition) is 0. The number of aromatic nitrogens is 5. The summed E-state index contributed by atoms with van der Waals surface area (Å²) in [5, 5.41) is 6.18. The minimum absolute atomic E-state index is 0.280. The summed E-state index contributed by atoms with van der Waals surface area (Å²) in [5.41, 5.74) is 13.6. The Morgan fingerprint density at radius 2 is 1.02 bits per heavy atom. The predicted molar refractivity (Wildman–Crippen MR) is 242 cm³/mol. The van der Waals surface area contributed by atoms with Crippen LogP contribution in [-0.2, 0) is 5.41 Å². The Hall–Kier alpha value is -7.63. The van der Waals surface area contributed by atoms with Crippen molar-refractivity contribution in [2.24, 2.45) is 0 Å². The average molecular weight is 756 g/mol. The molecule has 1 aliphatic rings. The van der Waals surface area contributed by atoms with Crippen LogP contribution in [0.25, 0.3) is 100 Å². The van der Waals surface area contributed by atoms with E-state index in [0.29, 0.717) is 17.5 Å². The molecule has 0 fully saturated rings. The van der Waals surface area contributed by atoms with Crippen molar-refractivity contribution in [1.29, 1.82) is 0 Å². The van der Waals surface area contributed by atoms with Crippen LogP contribution in [-0.4, -0.2) is 24.1 Å². The van der Waals surface area contributed by atoms with E-state index in [1.807, 2.05) is 36.4 Å². The molecule has 0 radical (unpaired) electrons. The number of para-hydroxylation sites is 2. The van der Waals surface area contributed by atoms with Gasteiger partial charge in [0.05, 0.1) is 16.6 Å². The summed E-state index contributed by atoms with van der Waals surface area (Å²) in [6.45, 7) is 4.69. The van der Waals surface area contributed by atoms with Crippen molar-refractivity contribution in [3.8, 4) is 56.7 Å². The van der Waals surface area contributed by atoms with Gasteiger partial charge in [0.25, 0.3) is 0 Å². The normalized spacial score (nSPS) is 13.1. The van der Waals surface area contributed by atoms with E-state index < -0.39 is 0 Å². The molecule has 8 aromatic carbocycles. The van der Waals surface area contributed by atoms with Gasteiger partial charge in [0, 0.05) is 61.2 Å². The quantitative estimate of drug-likeness (QED) is 0.176. The molecule has 278 valence electrons. The molecule has 12 rings (SSSR count). The maximum Gasteiger partial charge on any atom is 0.164 e. The van der Waals surface area contributed by atoms with Gasteiger partial charge in [-0.25, -0.2) is 15.0 Å². The minimum atomic E-state index is -0.280. The van der Waals surface area contributed by atoms with Crippen LogP contribution >= 0.6 is 0 Å². The van der Waals surface area contributed by atoms with Crippen molar-refractivity contribution in [3.05, 3.63) is 199 Å². The largest absolute Gasteiger partial charge is 0.317 e. The molecule has 0 aliphatic heterocycles. The van der Waals surface area contributed by atoms with Crippen molar-refractivity contribution in [1.82, 2.24) is 24.1 Å². The van der Waals surface area contributed by atoms with Crippen molar-refractivity contribution in [2.45, 2.75) is 19.3 Å². The molecule has 0 saturated carbocycles. The third-order valence-corrected chi connectivity index (χ3v) is 12.4. The summed E-state index contributed by atoms with van der Waals surface area (Å²) >= 11 is 0. The van der Waals surface area contributed by atoms with Crippen LogP contribution in [0.4, 0.5) is 0 Å². The van der Waals surface area contributed by atoms with Crippen molar-refractivity contribution in [3.63, 3.8) is 0 Å². The van der Waals surface area contributed by atoms with Crippen LogP contribution in [0.1, 0.15) is 25.0 Å². The van der Waals surface area contributed by atoms with Gasteiger partial charge < -0.3 is 9.13 Å². The van der Waals surface area contributed by atoms with Gasteiger partial charge in [-0.3, -0.25) is 0 Å². The van der Waals surface area contributed by atoms with E-state index >= 15 is 0 Å². The summed E-state index contributed by atoms with van der Waals surface area (Å²) < 4.78 is 4.78. The Morgan fingerprint density at radius 3 is 1.73 bits per heavy atom. The molecular formula is C54H37N5. The predicted octanol–water partition coefficient (Wildman–Crippen LogP) is 13.4. The molecule has 0 spiro atoms. The molecule has 0 amide bonds. The lowest BCUT2D eigenvalue weighted by molar-refractivity contribution is 0.660. The lowest BCUT2D eigenvalue weighted by Crippen LogP contribution is -2.15. The summed E-state index contributed by atoms with van der Waals surface area (Å²) in [7, 11) is 0. The number of fused-ring (bicyclic) bond motifs is 9. The highest BCUT2D eigenvalue weighted by molar-refractivity contribution is 6.20. The van der Waals surface area contributed by atoms with E-state index in [-0.39, 0.29) is 5.41 Å². The molecule has 1 aliphatic carbocycles. The topological polar surface area (TPSA) is 48.5 Å². The van der Waals surface area contributed by atoms with Gasteiger partial charge in [-0.1, -0.05) is 141 Å². The Morgan fingerprint density at radius 1 is 0.407 bits per heavy atom. The number of hydrogen-bond acceptors (Lipinski definition) is 3. The monoisotopic (exact) mass is 755 g/mol. The molecule has 5 heteroatoms. The van der Waals surface area contributed by atoms with E-state index in [0.717, 1.165) is 28.1 Å². The van der Waals surface area contributed by atoms with Crippen molar-refractivity contribution < 1.29 is 0 Å². The molecule has 0 N–H and O–H groups in total. The molecule has 0 saturated heterocycles. The van der Waals surface area contributed by atoms with E-state index in [9.17, 15) is 0 Å². The van der Waals surface area contributed by atoms with Crippen LogP contribution < -0.4 is 0 Å². The Labute approximate surface area is 341 Å². The molecule has 0 bridgehead atoms. The van der Waals surface area contributed by atoms with Crippen molar-refractivity contribution >= 4 is 43.5 Å². The fourth-order valence-electron chi connectivity index (χ4n) is 9.44. The third kappa shape index (κ3) is 5.14. The Bertz CT molecular complexity index is 3390. The van der Waals surface area contributed by atoms with Crippen LogP contribution in [0, 0.1) is 0 Å². The average Bonchev–Trinajstić information content (AvgIpc) is 3.94. The van der Waals surface area contributed by atoms with Gasteiger partial charge in [0.2, 0.25) is 0 Å². The van der Waals surface area contributed by atoms with Crippen LogP contribution in [0.2, 0.25) is 0 Å². The summed E-state index contributed by atoms with van der Waals surface area (Å²) in [5.74, 6) is 1.99. The minimum Gasteiger partial charge on any atom is -0.317 e. The highest BCUT2D eigenvalue weighted by atomic mass is 15.0. The molecule has 0 unspecified atom stereocenters. The zero-order chi connectivity index (χ0) is 39.2. The second-order valence-corrected chi connectivity index (χ2v) is 16.1. The maximum absolute atomic E-state index is 5.06. The standard InChI is InChI=1S/C54H37N5/c1-54(2)46-31-38(53-56-51(34-14-6-3-7-15-34)55-52(57-53)35-16-8-4-9-17-35)23-25-41(46)42-27-24-40(32-47(42)54)59-48-21-13-12-20-43(48)44-26-22-36-30-37-28-29-58(39-18-10-5-11-19-39)49(37)33-45(36)50(44)59/h3-33H,1-2H3. The smallest absolute Gasteiger partial charge is 0.164 e. The highest BCUT2D eigenvalue weighted by Crippen LogP contribution is 2.51.